The first kappa shape index (κ1) is 16.9. The Morgan fingerprint density at radius 2 is 1.81 bits per heavy atom. The van der Waals surface area contributed by atoms with Crippen LogP contribution >= 0.6 is 0 Å². The van der Waals surface area contributed by atoms with E-state index in [0.717, 1.165) is 0 Å². The maximum atomic E-state index is 12.6. The van der Waals surface area contributed by atoms with Gasteiger partial charge >= 0.3 is 0 Å². The van der Waals surface area contributed by atoms with Crippen molar-refractivity contribution in [1.29, 1.82) is 0 Å². The second kappa shape index (κ2) is 6.99. The van der Waals surface area contributed by atoms with Crippen molar-refractivity contribution < 1.29 is 19.1 Å². The first-order valence-electron chi connectivity index (χ1n) is 8.54. The lowest BCUT2D eigenvalue weighted by molar-refractivity contribution is -0.119. The molecule has 0 aliphatic carbocycles. The third kappa shape index (κ3) is 3.41. The van der Waals surface area contributed by atoms with Crippen molar-refractivity contribution in [3.05, 3.63) is 48.5 Å². The Morgan fingerprint density at radius 3 is 2.56 bits per heavy atom. The van der Waals surface area contributed by atoms with Gasteiger partial charge in [-0.15, -0.1) is 0 Å². The minimum absolute atomic E-state index is 0.139. The molecule has 0 radical (unpaired) electrons. The van der Waals surface area contributed by atoms with Crippen LogP contribution in [0.3, 0.4) is 0 Å². The first-order chi connectivity index (χ1) is 13.1. The van der Waals surface area contributed by atoms with Crippen LogP contribution in [0.4, 0.5) is 11.4 Å². The molecule has 2 amide bonds. The Labute approximate surface area is 155 Å². The van der Waals surface area contributed by atoms with Gasteiger partial charge in [0.1, 0.15) is 25.0 Å². The molecule has 138 valence electrons. The second-order valence-electron chi connectivity index (χ2n) is 6.16. The van der Waals surface area contributed by atoms with Gasteiger partial charge in [0, 0.05) is 18.2 Å². The van der Waals surface area contributed by atoms with Crippen molar-refractivity contribution >= 4 is 28.9 Å². The van der Waals surface area contributed by atoms with Gasteiger partial charge < -0.3 is 20.5 Å². The van der Waals surface area contributed by atoms with Gasteiger partial charge in [-0.2, -0.15) is 5.10 Å². The maximum absolute atomic E-state index is 12.6. The van der Waals surface area contributed by atoms with Gasteiger partial charge in [-0.1, -0.05) is 18.2 Å². The molecule has 8 heteroatoms. The molecule has 3 N–H and O–H groups in total. The van der Waals surface area contributed by atoms with E-state index in [-0.39, 0.29) is 12.1 Å². The number of carbonyl (C=O) groups excluding carboxylic acids is 2. The molecule has 8 nitrogen and oxygen atoms in total. The lowest BCUT2D eigenvalue weighted by atomic mass is 10.1. The molecule has 0 saturated carbocycles. The molecule has 0 unspecified atom stereocenters. The summed E-state index contributed by atoms with van der Waals surface area (Å²) in [7, 11) is 0. The average molecular weight is 366 g/mol. The number of amides is 2. The van der Waals surface area contributed by atoms with Gasteiger partial charge in [-0.3, -0.25) is 14.6 Å². The lowest BCUT2D eigenvalue weighted by Gasteiger charge is -2.20. The number of carbonyl (C=O) groups is 2. The molecule has 2 aliphatic rings. The normalized spacial score (nSPS) is 18.0. The van der Waals surface area contributed by atoms with Gasteiger partial charge in [0.15, 0.2) is 11.5 Å². The summed E-state index contributed by atoms with van der Waals surface area (Å²) < 4.78 is 11.0. The van der Waals surface area contributed by atoms with Gasteiger partial charge in [-0.05, 0) is 24.3 Å². The van der Waals surface area contributed by atoms with Gasteiger partial charge in [0.05, 0.1) is 5.69 Å². The van der Waals surface area contributed by atoms with E-state index in [1.807, 2.05) is 18.2 Å². The third-order valence-corrected chi connectivity index (χ3v) is 4.32. The predicted molar refractivity (Wildman–Crippen MR) is 100 cm³/mol. The largest absolute Gasteiger partial charge is 0.486 e. The topological polar surface area (TPSA) is 106 Å². The van der Waals surface area contributed by atoms with Crippen molar-refractivity contribution in [2.45, 2.75) is 12.5 Å². The smallest absolute Gasteiger partial charge is 0.271 e. The summed E-state index contributed by atoms with van der Waals surface area (Å²) in [6, 6.07) is 13.6. The fourth-order valence-corrected chi connectivity index (χ4v) is 3.01. The molecule has 0 saturated heterocycles. The highest BCUT2D eigenvalue weighted by Crippen LogP contribution is 2.33. The highest BCUT2D eigenvalue weighted by Gasteiger charge is 2.35. The van der Waals surface area contributed by atoms with E-state index >= 15 is 0 Å². The lowest BCUT2D eigenvalue weighted by Crippen LogP contribution is -2.39. The number of nitrogens with two attached hydrogens (primary N) is 1. The van der Waals surface area contributed by atoms with Crippen molar-refractivity contribution in [3.63, 3.8) is 0 Å². The van der Waals surface area contributed by atoms with Crippen LogP contribution in [0.2, 0.25) is 0 Å². The van der Waals surface area contributed by atoms with Gasteiger partial charge in [0.2, 0.25) is 5.91 Å². The number of fused-ring (bicyclic) bond motifs is 1. The van der Waals surface area contributed by atoms with Crippen LogP contribution < -0.4 is 25.5 Å². The Bertz CT molecular complexity index is 913. The molecular formula is C19H18N4O4. The predicted octanol–water partition coefficient (Wildman–Crippen LogP) is 1.52. The van der Waals surface area contributed by atoms with Crippen molar-refractivity contribution in [2.24, 2.45) is 10.8 Å². The maximum Gasteiger partial charge on any atom is 0.271 e. The number of nitrogens with one attached hydrogen (secondary N) is 1. The summed E-state index contributed by atoms with van der Waals surface area (Å²) in [6.07, 6.45) is 0.139. The van der Waals surface area contributed by atoms with E-state index in [1.165, 1.54) is 5.01 Å². The van der Waals surface area contributed by atoms with Gasteiger partial charge in [-0.25, -0.2) is 0 Å². The summed E-state index contributed by atoms with van der Waals surface area (Å²) in [6.45, 7) is 0.961. The molecule has 2 heterocycles. The number of para-hydroxylation sites is 1. The number of hydrogen-bond acceptors (Lipinski definition) is 6. The van der Waals surface area contributed by atoms with Crippen LogP contribution in [0, 0.1) is 0 Å². The van der Waals surface area contributed by atoms with E-state index < -0.39 is 17.9 Å². The number of benzene rings is 2. The number of primary amides is 1. The number of nitrogens with zero attached hydrogens (tertiary/aromatic N) is 2. The number of rotatable bonds is 4. The first-order valence-corrected chi connectivity index (χ1v) is 8.54. The second-order valence-corrected chi connectivity index (χ2v) is 6.16. The number of anilines is 2. The molecule has 2 aliphatic heterocycles. The highest BCUT2D eigenvalue weighted by molar-refractivity contribution is 6.44. The van der Waals surface area contributed by atoms with Crippen LogP contribution in [-0.4, -0.2) is 36.8 Å². The fraction of sp³-hybridized carbons (Fsp3) is 0.211. The molecule has 0 spiro atoms. The molecule has 0 bridgehead atoms. The van der Waals surface area contributed by atoms with E-state index in [2.05, 4.69) is 10.4 Å². The molecular weight excluding hydrogens is 348 g/mol. The zero-order valence-electron chi connectivity index (χ0n) is 14.4. The van der Waals surface area contributed by atoms with E-state index in [9.17, 15) is 9.59 Å². The van der Waals surface area contributed by atoms with E-state index in [0.29, 0.717) is 36.1 Å². The highest BCUT2D eigenvalue weighted by atomic mass is 16.6. The zero-order chi connectivity index (χ0) is 18.8. The SMILES string of the molecule is NC(=O)[C@H]1CC(C(=O)Nc2ccc3c(c2)OCCO3)=NN1c1ccccc1. The van der Waals surface area contributed by atoms with E-state index in [4.69, 9.17) is 15.2 Å². The van der Waals surface area contributed by atoms with Crippen molar-refractivity contribution in [1.82, 2.24) is 0 Å². The van der Waals surface area contributed by atoms with Crippen LogP contribution in [0.5, 0.6) is 11.5 Å². The monoisotopic (exact) mass is 366 g/mol. The minimum Gasteiger partial charge on any atom is -0.486 e. The molecule has 0 aromatic heterocycles. The quantitative estimate of drug-likeness (QED) is 0.853. The van der Waals surface area contributed by atoms with Crippen molar-refractivity contribution in [3.8, 4) is 11.5 Å². The van der Waals surface area contributed by atoms with Crippen LogP contribution in [0.1, 0.15) is 6.42 Å². The summed E-state index contributed by atoms with van der Waals surface area (Å²) in [5, 5.41) is 8.59. The summed E-state index contributed by atoms with van der Waals surface area (Å²) in [4.78, 5) is 24.5. The molecule has 4 rings (SSSR count). The van der Waals surface area contributed by atoms with Crippen LogP contribution in [0.15, 0.2) is 53.6 Å². The molecule has 27 heavy (non-hydrogen) atoms. The molecule has 1 atom stereocenters. The summed E-state index contributed by atoms with van der Waals surface area (Å²) >= 11 is 0. The van der Waals surface area contributed by atoms with Crippen molar-refractivity contribution in [2.75, 3.05) is 23.5 Å². The minimum atomic E-state index is -0.701. The van der Waals surface area contributed by atoms with Crippen LogP contribution in [-0.2, 0) is 9.59 Å². The number of hydrogen-bond donors (Lipinski definition) is 2. The van der Waals surface area contributed by atoms with Crippen LogP contribution in [0.25, 0.3) is 0 Å². The van der Waals surface area contributed by atoms with E-state index in [1.54, 1.807) is 30.3 Å². The third-order valence-electron chi connectivity index (χ3n) is 4.32. The molecule has 2 aromatic carbocycles. The number of hydrazone groups is 1. The number of ether oxygens (including phenoxy) is 2. The molecule has 0 fully saturated rings. The Balaban J connectivity index is 1.54. The Morgan fingerprint density at radius 1 is 1.07 bits per heavy atom. The summed E-state index contributed by atoms with van der Waals surface area (Å²) in [5.74, 6) is 0.288. The molecule has 2 aromatic rings. The fourth-order valence-electron chi connectivity index (χ4n) is 3.01. The van der Waals surface area contributed by atoms with Gasteiger partial charge in [0.25, 0.3) is 5.91 Å². The zero-order valence-corrected chi connectivity index (χ0v) is 14.4. The standard InChI is InChI=1S/C19H18N4O4/c20-18(24)15-11-14(22-23(15)13-4-2-1-3-5-13)19(25)21-12-6-7-16-17(10-12)27-9-8-26-16/h1-7,10,15H,8-9,11H2,(H2,20,24)(H,21,25)/t15-/m1/s1. The average Bonchev–Trinajstić information content (AvgIpc) is 3.15. The summed E-state index contributed by atoms with van der Waals surface area (Å²) in [5.41, 5.74) is 6.99. The Hall–Kier alpha value is -3.55. The Kier molecular flexibility index (Phi) is 4.37.